The van der Waals surface area contributed by atoms with Crippen LogP contribution in [-0.2, 0) is 9.47 Å². The number of para-hydroxylation sites is 1. The molecular formula is C22H24N4O3. The molecule has 3 heterocycles. The smallest absolute Gasteiger partial charge is 0.322 e. The van der Waals surface area contributed by atoms with E-state index in [0.717, 1.165) is 41.7 Å². The molecule has 29 heavy (non-hydrogen) atoms. The van der Waals surface area contributed by atoms with E-state index in [9.17, 15) is 4.79 Å². The first kappa shape index (κ1) is 18.1. The number of nitrogens with zero attached hydrogens (tertiary/aromatic N) is 3. The number of fused-ring (bicyclic) bond motifs is 1. The maximum atomic E-state index is 12.9. The van der Waals surface area contributed by atoms with Gasteiger partial charge >= 0.3 is 6.03 Å². The summed E-state index contributed by atoms with van der Waals surface area (Å²) in [6, 6.07) is 15.7. The summed E-state index contributed by atoms with van der Waals surface area (Å²) in [7, 11) is 0. The molecule has 2 aromatic carbocycles. The van der Waals surface area contributed by atoms with Crippen LogP contribution >= 0.6 is 0 Å². The fourth-order valence-electron chi connectivity index (χ4n) is 4.15. The van der Waals surface area contributed by atoms with Crippen LogP contribution in [0.4, 0.5) is 10.5 Å². The highest BCUT2D eigenvalue weighted by Gasteiger charge is 2.36. The number of amides is 2. The van der Waals surface area contributed by atoms with Crippen molar-refractivity contribution in [3.8, 4) is 5.69 Å². The fraction of sp³-hybridized carbons (Fsp3) is 0.364. The molecule has 0 radical (unpaired) electrons. The second-order valence-electron chi connectivity index (χ2n) is 7.48. The molecule has 150 valence electrons. The first-order valence-electron chi connectivity index (χ1n) is 10.1. The van der Waals surface area contributed by atoms with E-state index in [0.29, 0.717) is 19.8 Å². The Morgan fingerprint density at radius 3 is 2.79 bits per heavy atom. The summed E-state index contributed by atoms with van der Waals surface area (Å²) >= 11 is 0. The van der Waals surface area contributed by atoms with E-state index >= 15 is 0 Å². The number of benzene rings is 2. The SMILES string of the molecule is O=C(Nc1ccc(-n2ncc3ccccc32)cc1)N1CCOCC1C1CCCO1. The van der Waals surface area contributed by atoms with Crippen molar-refractivity contribution in [2.75, 3.05) is 31.7 Å². The number of hydrogen-bond donors (Lipinski definition) is 1. The number of rotatable bonds is 3. The van der Waals surface area contributed by atoms with E-state index in [1.807, 2.05) is 64.3 Å². The Morgan fingerprint density at radius 1 is 1.10 bits per heavy atom. The van der Waals surface area contributed by atoms with Crippen LogP contribution in [0.5, 0.6) is 0 Å². The molecule has 2 aliphatic heterocycles. The number of hydrogen-bond acceptors (Lipinski definition) is 4. The fourth-order valence-corrected chi connectivity index (χ4v) is 4.15. The average Bonchev–Trinajstić information content (AvgIpc) is 3.45. The molecule has 7 heteroatoms. The Morgan fingerprint density at radius 2 is 1.97 bits per heavy atom. The molecule has 2 unspecified atom stereocenters. The van der Waals surface area contributed by atoms with Crippen molar-refractivity contribution in [3.63, 3.8) is 0 Å². The normalized spacial score (nSPS) is 22.1. The summed E-state index contributed by atoms with van der Waals surface area (Å²) in [5.41, 5.74) is 2.76. The molecule has 0 bridgehead atoms. The molecule has 1 aromatic heterocycles. The third-order valence-corrected chi connectivity index (χ3v) is 5.66. The zero-order valence-electron chi connectivity index (χ0n) is 16.2. The van der Waals surface area contributed by atoms with Crippen molar-refractivity contribution in [2.24, 2.45) is 0 Å². The van der Waals surface area contributed by atoms with Crippen molar-refractivity contribution in [1.82, 2.24) is 14.7 Å². The molecular weight excluding hydrogens is 368 g/mol. The number of urea groups is 1. The molecule has 2 aliphatic rings. The standard InChI is InChI=1S/C22H24N4O3/c27-22(25-11-13-28-15-20(25)21-6-3-12-29-21)24-17-7-9-18(10-8-17)26-19-5-2-1-4-16(19)14-23-26/h1-2,4-5,7-10,14,20-21H,3,6,11-13,15H2,(H,24,27). The zero-order valence-corrected chi connectivity index (χ0v) is 16.2. The second-order valence-corrected chi connectivity index (χ2v) is 7.48. The monoisotopic (exact) mass is 392 g/mol. The van der Waals surface area contributed by atoms with E-state index in [4.69, 9.17) is 9.47 Å². The summed E-state index contributed by atoms with van der Waals surface area (Å²) in [5, 5.41) is 8.59. The van der Waals surface area contributed by atoms with Gasteiger partial charge in [-0.1, -0.05) is 18.2 Å². The molecule has 2 saturated heterocycles. The summed E-state index contributed by atoms with van der Waals surface area (Å²) in [5.74, 6) is 0. The molecule has 2 atom stereocenters. The number of anilines is 1. The van der Waals surface area contributed by atoms with Crippen molar-refractivity contribution >= 4 is 22.6 Å². The van der Waals surface area contributed by atoms with Crippen molar-refractivity contribution < 1.29 is 14.3 Å². The van der Waals surface area contributed by atoms with Crippen LogP contribution in [-0.4, -0.2) is 59.2 Å². The summed E-state index contributed by atoms with van der Waals surface area (Å²) in [6.45, 7) is 2.43. The molecule has 1 N–H and O–H groups in total. The van der Waals surface area contributed by atoms with Crippen LogP contribution in [0.2, 0.25) is 0 Å². The number of aromatic nitrogens is 2. The van der Waals surface area contributed by atoms with Crippen LogP contribution in [0.25, 0.3) is 16.6 Å². The van der Waals surface area contributed by atoms with Crippen LogP contribution in [0.3, 0.4) is 0 Å². The highest BCUT2D eigenvalue weighted by molar-refractivity contribution is 5.90. The van der Waals surface area contributed by atoms with Gasteiger partial charge in [0.1, 0.15) is 0 Å². The third-order valence-electron chi connectivity index (χ3n) is 5.66. The Bertz CT molecular complexity index is 995. The lowest BCUT2D eigenvalue weighted by Gasteiger charge is -2.38. The Labute approximate surface area is 169 Å². The van der Waals surface area contributed by atoms with Gasteiger partial charge < -0.3 is 19.7 Å². The van der Waals surface area contributed by atoms with Crippen LogP contribution in [0.15, 0.2) is 54.7 Å². The number of morpholine rings is 1. The lowest BCUT2D eigenvalue weighted by atomic mass is 10.1. The van der Waals surface area contributed by atoms with E-state index in [2.05, 4.69) is 10.4 Å². The Balaban J connectivity index is 1.30. The van der Waals surface area contributed by atoms with Gasteiger partial charge in [0.05, 0.1) is 42.8 Å². The highest BCUT2D eigenvalue weighted by Crippen LogP contribution is 2.24. The third kappa shape index (κ3) is 3.59. The predicted molar refractivity (Wildman–Crippen MR) is 110 cm³/mol. The number of carbonyl (C=O) groups is 1. The highest BCUT2D eigenvalue weighted by atomic mass is 16.5. The van der Waals surface area contributed by atoms with Crippen molar-refractivity contribution in [2.45, 2.75) is 25.0 Å². The van der Waals surface area contributed by atoms with Crippen LogP contribution in [0, 0.1) is 0 Å². The summed E-state index contributed by atoms with van der Waals surface area (Å²) in [4.78, 5) is 14.8. The quantitative estimate of drug-likeness (QED) is 0.741. The zero-order chi connectivity index (χ0) is 19.6. The molecule has 3 aromatic rings. The largest absolute Gasteiger partial charge is 0.377 e. The molecule has 0 spiro atoms. The van der Waals surface area contributed by atoms with E-state index in [1.165, 1.54) is 0 Å². The molecule has 2 fully saturated rings. The summed E-state index contributed by atoms with van der Waals surface area (Å²) in [6.07, 6.45) is 3.94. The Hall–Kier alpha value is -2.90. The molecule has 7 nitrogen and oxygen atoms in total. The molecule has 0 aliphatic carbocycles. The predicted octanol–water partition coefficient (Wildman–Crippen LogP) is 3.44. The first-order valence-corrected chi connectivity index (χ1v) is 10.1. The second kappa shape index (κ2) is 7.85. The van der Waals surface area contributed by atoms with E-state index in [1.54, 1.807) is 0 Å². The number of carbonyl (C=O) groups excluding carboxylic acids is 1. The van der Waals surface area contributed by atoms with Crippen molar-refractivity contribution in [1.29, 1.82) is 0 Å². The maximum Gasteiger partial charge on any atom is 0.322 e. The lowest BCUT2D eigenvalue weighted by Crippen LogP contribution is -2.55. The van der Waals surface area contributed by atoms with Crippen molar-refractivity contribution in [3.05, 3.63) is 54.7 Å². The molecule has 0 saturated carbocycles. The Kier molecular flexibility index (Phi) is 4.91. The van der Waals surface area contributed by atoms with Crippen LogP contribution in [0.1, 0.15) is 12.8 Å². The summed E-state index contributed by atoms with van der Waals surface area (Å²) < 4.78 is 13.3. The van der Waals surface area contributed by atoms with E-state index < -0.39 is 0 Å². The topological polar surface area (TPSA) is 68.6 Å². The van der Waals surface area contributed by atoms with Crippen LogP contribution < -0.4 is 5.32 Å². The van der Waals surface area contributed by atoms with Gasteiger partial charge in [0.15, 0.2) is 0 Å². The van der Waals surface area contributed by atoms with Gasteiger partial charge in [-0.2, -0.15) is 5.10 Å². The van der Waals surface area contributed by atoms with E-state index in [-0.39, 0.29) is 18.2 Å². The lowest BCUT2D eigenvalue weighted by molar-refractivity contribution is -0.0452. The number of ether oxygens (including phenoxy) is 2. The van der Waals surface area contributed by atoms with Gasteiger partial charge in [-0.3, -0.25) is 0 Å². The minimum absolute atomic E-state index is 0.0269. The van der Waals surface area contributed by atoms with Gasteiger partial charge in [-0.05, 0) is 43.2 Å². The van der Waals surface area contributed by atoms with Gasteiger partial charge in [-0.25, -0.2) is 9.48 Å². The molecule has 2 amide bonds. The van der Waals surface area contributed by atoms with Gasteiger partial charge in [-0.15, -0.1) is 0 Å². The first-order chi connectivity index (χ1) is 14.3. The van der Waals surface area contributed by atoms with Gasteiger partial charge in [0, 0.05) is 24.2 Å². The minimum Gasteiger partial charge on any atom is -0.377 e. The average molecular weight is 392 g/mol. The van der Waals surface area contributed by atoms with Gasteiger partial charge in [0.25, 0.3) is 0 Å². The minimum atomic E-state index is -0.105. The van der Waals surface area contributed by atoms with Gasteiger partial charge in [0.2, 0.25) is 0 Å². The maximum absolute atomic E-state index is 12.9. The number of nitrogens with one attached hydrogen (secondary N) is 1. The molecule has 5 rings (SSSR count).